The van der Waals surface area contributed by atoms with Crippen molar-refractivity contribution in [3.63, 3.8) is 0 Å². The maximum absolute atomic E-state index is 12.1. The van der Waals surface area contributed by atoms with Crippen LogP contribution in [0.1, 0.15) is 5.01 Å². The molecule has 1 N–H and O–H groups in total. The first-order valence-electron chi connectivity index (χ1n) is 7.26. The molecule has 2 aromatic carbocycles. The molecular formula is C18H16N2O3S. The molecule has 1 amide bonds. The molecule has 24 heavy (non-hydrogen) atoms. The summed E-state index contributed by atoms with van der Waals surface area (Å²) in [5, 5.41) is 3.57. The molecule has 0 aliphatic carbocycles. The number of amides is 1. The smallest absolute Gasteiger partial charge is 0.248 e. The zero-order valence-corrected chi connectivity index (χ0v) is 14.1. The number of aromatic nitrogens is 1. The number of nitrogens with one attached hydrogen (secondary N) is 1. The van der Waals surface area contributed by atoms with Crippen molar-refractivity contribution in [1.29, 1.82) is 0 Å². The molecule has 0 radical (unpaired) electrons. The van der Waals surface area contributed by atoms with Crippen LogP contribution in [0.3, 0.4) is 0 Å². The highest BCUT2D eigenvalue weighted by Crippen LogP contribution is 2.29. The number of hydrogen-bond acceptors (Lipinski definition) is 5. The Morgan fingerprint density at radius 1 is 1.17 bits per heavy atom. The van der Waals surface area contributed by atoms with Crippen molar-refractivity contribution in [3.8, 4) is 11.5 Å². The van der Waals surface area contributed by atoms with Crippen molar-refractivity contribution in [3.05, 3.63) is 53.5 Å². The van der Waals surface area contributed by atoms with Crippen molar-refractivity contribution >= 4 is 39.2 Å². The number of carbonyl (C=O) groups excluding carboxylic acids is 1. The van der Waals surface area contributed by atoms with Crippen LogP contribution in [0.2, 0.25) is 0 Å². The Bertz CT molecular complexity index is 869. The minimum absolute atomic E-state index is 0.252. The first-order valence-corrected chi connectivity index (χ1v) is 8.08. The Morgan fingerprint density at radius 2 is 2.00 bits per heavy atom. The highest BCUT2D eigenvalue weighted by molar-refractivity contribution is 7.19. The lowest BCUT2D eigenvalue weighted by Gasteiger charge is -2.10. The molecule has 0 aliphatic rings. The molecule has 0 saturated carbocycles. The van der Waals surface area contributed by atoms with Gasteiger partial charge >= 0.3 is 0 Å². The molecule has 122 valence electrons. The minimum Gasteiger partial charge on any atom is -0.497 e. The van der Waals surface area contributed by atoms with Crippen LogP contribution in [0.25, 0.3) is 16.3 Å². The number of rotatable bonds is 5. The average Bonchev–Trinajstić information content (AvgIpc) is 3.03. The molecular weight excluding hydrogens is 324 g/mol. The Hall–Kier alpha value is -2.86. The van der Waals surface area contributed by atoms with Crippen LogP contribution < -0.4 is 14.8 Å². The molecule has 1 aromatic heterocycles. The van der Waals surface area contributed by atoms with Crippen LogP contribution >= 0.6 is 11.3 Å². The first kappa shape index (κ1) is 16.0. The third kappa shape index (κ3) is 3.55. The second-order valence-corrected chi connectivity index (χ2v) is 5.97. The van der Waals surface area contributed by atoms with Gasteiger partial charge in [-0.3, -0.25) is 4.79 Å². The van der Waals surface area contributed by atoms with Crippen LogP contribution in [-0.2, 0) is 4.79 Å². The molecule has 0 atom stereocenters. The summed E-state index contributed by atoms with van der Waals surface area (Å²) in [4.78, 5) is 16.6. The summed E-state index contributed by atoms with van der Waals surface area (Å²) in [5.41, 5.74) is 1.51. The van der Waals surface area contributed by atoms with Crippen molar-refractivity contribution in [2.45, 2.75) is 0 Å². The number of anilines is 1. The number of hydrogen-bond donors (Lipinski definition) is 1. The lowest BCUT2D eigenvalue weighted by atomic mass is 10.2. The monoisotopic (exact) mass is 340 g/mol. The zero-order chi connectivity index (χ0) is 16.9. The lowest BCUT2D eigenvalue weighted by molar-refractivity contribution is -0.111. The Kier molecular flexibility index (Phi) is 4.77. The van der Waals surface area contributed by atoms with Gasteiger partial charge < -0.3 is 14.8 Å². The van der Waals surface area contributed by atoms with Crippen LogP contribution in [0.4, 0.5) is 5.69 Å². The Labute approximate surface area is 143 Å². The molecule has 6 heteroatoms. The summed E-state index contributed by atoms with van der Waals surface area (Å²) in [6.07, 6.45) is 3.16. The number of para-hydroxylation sites is 1. The number of carbonyl (C=O) groups is 1. The van der Waals surface area contributed by atoms with Gasteiger partial charge in [0, 0.05) is 12.1 Å². The number of thiazole rings is 1. The second kappa shape index (κ2) is 7.14. The topological polar surface area (TPSA) is 60.5 Å². The fraction of sp³-hybridized carbons (Fsp3) is 0.111. The molecule has 0 fully saturated rings. The highest BCUT2D eigenvalue weighted by atomic mass is 32.1. The number of fused-ring (bicyclic) bond motifs is 1. The van der Waals surface area contributed by atoms with E-state index in [0.29, 0.717) is 17.2 Å². The lowest BCUT2D eigenvalue weighted by Crippen LogP contribution is -2.08. The quantitative estimate of drug-likeness (QED) is 0.714. The molecule has 0 saturated heterocycles. The van der Waals surface area contributed by atoms with Gasteiger partial charge in [-0.15, -0.1) is 11.3 Å². The largest absolute Gasteiger partial charge is 0.497 e. The third-order valence-corrected chi connectivity index (χ3v) is 4.36. The molecule has 1 heterocycles. The molecule has 0 spiro atoms. The molecule has 3 aromatic rings. The number of nitrogens with zero attached hydrogens (tertiary/aromatic N) is 1. The van der Waals surface area contributed by atoms with E-state index in [1.54, 1.807) is 38.5 Å². The van der Waals surface area contributed by atoms with E-state index in [0.717, 1.165) is 15.2 Å². The van der Waals surface area contributed by atoms with E-state index in [-0.39, 0.29) is 5.91 Å². The van der Waals surface area contributed by atoms with Gasteiger partial charge in [0.15, 0.2) is 0 Å². The van der Waals surface area contributed by atoms with Crippen molar-refractivity contribution in [2.75, 3.05) is 19.5 Å². The first-order chi connectivity index (χ1) is 11.7. The fourth-order valence-corrected chi connectivity index (χ4v) is 3.05. The Morgan fingerprint density at radius 3 is 2.75 bits per heavy atom. The predicted octanol–water partition coefficient (Wildman–Crippen LogP) is 3.97. The van der Waals surface area contributed by atoms with Gasteiger partial charge in [-0.1, -0.05) is 12.1 Å². The van der Waals surface area contributed by atoms with Gasteiger partial charge in [0.2, 0.25) is 5.91 Å². The summed E-state index contributed by atoms with van der Waals surface area (Å²) in [5.74, 6) is 0.948. The van der Waals surface area contributed by atoms with E-state index in [1.165, 1.54) is 17.4 Å². The van der Waals surface area contributed by atoms with E-state index in [9.17, 15) is 4.79 Å². The number of ether oxygens (including phenoxy) is 2. The van der Waals surface area contributed by atoms with Crippen LogP contribution in [-0.4, -0.2) is 25.1 Å². The molecule has 0 bridgehead atoms. The van der Waals surface area contributed by atoms with Gasteiger partial charge in [0.1, 0.15) is 16.5 Å². The zero-order valence-electron chi connectivity index (χ0n) is 13.3. The molecule has 3 rings (SSSR count). The van der Waals surface area contributed by atoms with Gasteiger partial charge in [0.05, 0.1) is 30.1 Å². The fourth-order valence-electron chi connectivity index (χ4n) is 2.18. The maximum Gasteiger partial charge on any atom is 0.248 e. The SMILES string of the molecule is COc1ccc(NC(=O)/C=C/c2nc3ccccc3s2)c(OC)c1. The van der Waals surface area contributed by atoms with Crippen molar-refractivity contribution in [1.82, 2.24) is 4.98 Å². The molecule has 0 unspecified atom stereocenters. The summed E-state index contributed by atoms with van der Waals surface area (Å²) >= 11 is 1.54. The van der Waals surface area contributed by atoms with Crippen LogP contribution in [0, 0.1) is 0 Å². The molecule has 0 aliphatic heterocycles. The minimum atomic E-state index is -0.252. The summed E-state index contributed by atoms with van der Waals surface area (Å²) in [7, 11) is 3.12. The van der Waals surface area contributed by atoms with Gasteiger partial charge in [-0.25, -0.2) is 4.98 Å². The third-order valence-electron chi connectivity index (χ3n) is 3.35. The number of benzene rings is 2. The van der Waals surface area contributed by atoms with Gasteiger partial charge in [-0.05, 0) is 30.3 Å². The number of methoxy groups -OCH3 is 2. The van der Waals surface area contributed by atoms with Crippen molar-refractivity contribution < 1.29 is 14.3 Å². The summed E-state index contributed by atoms with van der Waals surface area (Å²) < 4.78 is 11.5. The van der Waals surface area contributed by atoms with E-state index < -0.39 is 0 Å². The summed E-state index contributed by atoms with van der Waals surface area (Å²) in [6.45, 7) is 0. The normalized spacial score (nSPS) is 10.9. The van der Waals surface area contributed by atoms with Crippen LogP contribution in [0.5, 0.6) is 11.5 Å². The Balaban J connectivity index is 1.73. The highest BCUT2D eigenvalue weighted by Gasteiger charge is 2.07. The average molecular weight is 340 g/mol. The van der Waals surface area contributed by atoms with Gasteiger partial charge in [0.25, 0.3) is 0 Å². The van der Waals surface area contributed by atoms with E-state index in [4.69, 9.17) is 9.47 Å². The summed E-state index contributed by atoms with van der Waals surface area (Å²) in [6, 6.07) is 13.1. The van der Waals surface area contributed by atoms with Crippen LogP contribution in [0.15, 0.2) is 48.5 Å². The molecule has 5 nitrogen and oxygen atoms in total. The van der Waals surface area contributed by atoms with E-state index >= 15 is 0 Å². The predicted molar refractivity (Wildman–Crippen MR) is 96.8 cm³/mol. The standard InChI is InChI=1S/C18H16N2O3S/c1-22-12-7-8-13(15(11-12)23-2)19-17(21)9-10-18-20-14-5-3-4-6-16(14)24-18/h3-11H,1-2H3,(H,19,21)/b10-9+. The van der Waals surface area contributed by atoms with E-state index in [2.05, 4.69) is 10.3 Å². The maximum atomic E-state index is 12.1. The van der Waals surface area contributed by atoms with Gasteiger partial charge in [-0.2, -0.15) is 0 Å². The van der Waals surface area contributed by atoms with Crippen molar-refractivity contribution in [2.24, 2.45) is 0 Å². The van der Waals surface area contributed by atoms with E-state index in [1.807, 2.05) is 24.3 Å². The second-order valence-electron chi connectivity index (χ2n) is 4.91.